The summed E-state index contributed by atoms with van der Waals surface area (Å²) in [6.07, 6.45) is 1.75. The molecule has 1 N–H and O–H groups in total. The van der Waals surface area contributed by atoms with Crippen LogP contribution in [0.15, 0.2) is 46.9 Å². The van der Waals surface area contributed by atoms with Gasteiger partial charge in [0.25, 0.3) is 5.91 Å². The van der Waals surface area contributed by atoms with Gasteiger partial charge in [0.1, 0.15) is 16.4 Å². The number of carbonyl (C=O) groups excluding carboxylic acids is 1. The predicted octanol–water partition coefficient (Wildman–Crippen LogP) is 5.06. The number of fused-ring (bicyclic) bond motifs is 1. The van der Waals surface area contributed by atoms with Crippen molar-refractivity contribution in [2.24, 2.45) is 0 Å². The van der Waals surface area contributed by atoms with Crippen LogP contribution in [0.3, 0.4) is 0 Å². The summed E-state index contributed by atoms with van der Waals surface area (Å²) in [7, 11) is 0. The fraction of sp³-hybridized carbons (Fsp3) is 0.304. The number of piperidine rings is 1. The molecule has 4 aromatic rings. The molecule has 1 saturated heterocycles. The second-order valence-corrected chi connectivity index (χ2v) is 9.00. The van der Waals surface area contributed by atoms with Gasteiger partial charge in [-0.2, -0.15) is 0 Å². The lowest BCUT2D eigenvalue weighted by Gasteiger charge is -2.31. The van der Waals surface area contributed by atoms with E-state index in [1.807, 2.05) is 55.1 Å². The number of nitrogens with zero attached hydrogens (tertiary/aromatic N) is 4. The van der Waals surface area contributed by atoms with E-state index in [4.69, 9.17) is 9.40 Å². The van der Waals surface area contributed by atoms with Gasteiger partial charge in [-0.25, -0.2) is 4.98 Å². The quantitative estimate of drug-likeness (QED) is 0.484. The first-order valence-electron chi connectivity index (χ1n) is 10.4. The number of nitrogens with one attached hydrogen (secondary N) is 1. The van der Waals surface area contributed by atoms with Crippen molar-refractivity contribution < 1.29 is 9.21 Å². The van der Waals surface area contributed by atoms with Crippen LogP contribution in [0, 0.1) is 13.8 Å². The van der Waals surface area contributed by atoms with Gasteiger partial charge >= 0.3 is 0 Å². The second kappa shape index (κ2) is 8.11. The van der Waals surface area contributed by atoms with E-state index in [0.717, 1.165) is 51.0 Å². The lowest BCUT2D eigenvalue weighted by atomic mass is 9.93. The summed E-state index contributed by atoms with van der Waals surface area (Å²) < 4.78 is 5.88. The maximum absolute atomic E-state index is 13.1. The molecule has 7 nitrogen and oxygen atoms in total. The van der Waals surface area contributed by atoms with Crippen molar-refractivity contribution in [2.45, 2.75) is 32.6 Å². The minimum atomic E-state index is -0.0258. The van der Waals surface area contributed by atoms with Crippen molar-refractivity contribution >= 4 is 39.2 Å². The number of aromatic nitrogens is 3. The molecule has 1 aliphatic rings. The van der Waals surface area contributed by atoms with Crippen molar-refractivity contribution in [1.82, 2.24) is 20.1 Å². The topological polar surface area (TPSA) is 84.2 Å². The zero-order valence-electron chi connectivity index (χ0n) is 17.5. The van der Waals surface area contributed by atoms with E-state index in [1.165, 1.54) is 11.3 Å². The average molecular weight is 434 g/mol. The third kappa shape index (κ3) is 3.90. The molecule has 0 saturated carbocycles. The Morgan fingerprint density at radius 3 is 2.65 bits per heavy atom. The van der Waals surface area contributed by atoms with Gasteiger partial charge in [0.05, 0.1) is 0 Å². The van der Waals surface area contributed by atoms with Gasteiger partial charge < -0.3 is 14.6 Å². The third-order valence-corrected chi connectivity index (χ3v) is 6.52. The van der Waals surface area contributed by atoms with Crippen LogP contribution in [-0.2, 0) is 0 Å². The molecule has 31 heavy (non-hydrogen) atoms. The van der Waals surface area contributed by atoms with Gasteiger partial charge in [-0.3, -0.25) is 4.79 Å². The van der Waals surface area contributed by atoms with Gasteiger partial charge in [-0.1, -0.05) is 35.6 Å². The molecule has 1 fully saturated rings. The molecule has 0 unspecified atom stereocenters. The Balaban J connectivity index is 1.26. The van der Waals surface area contributed by atoms with Crippen LogP contribution < -0.4 is 5.32 Å². The van der Waals surface area contributed by atoms with Gasteiger partial charge in [0.15, 0.2) is 5.76 Å². The van der Waals surface area contributed by atoms with E-state index in [-0.39, 0.29) is 5.91 Å². The monoisotopic (exact) mass is 433 g/mol. The van der Waals surface area contributed by atoms with Gasteiger partial charge in [0.2, 0.25) is 5.13 Å². The maximum Gasteiger partial charge on any atom is 0.289 e. The lowest BCUT2D eigenvalue weighted by molar-refractivity contribution is 0.0681. The Labute approximate surface area is 184 Å². The minimum Gasteiger partial charge on any atom is -0.451 e. The van der Waals surface area contributed by atoms with Crippen LogP contribution in [-0.4, -0.2) is 39.1 Å². The zero-order chi connectivity index (χ0) is 21.4. The van der Waals surface area contributed by atoms with Crippen molar-refractivity contribution in [3.05, 3.63) is 64.5 Å². The number of hydrogen-bond donors (Lipinski definition) is 1. The highest BCUT2D eigenvalue weighted by atomic mass is 32.1. The fourth-order valence-corrected chi connectivity index (χ4v) is 4.70. The normalized spacial score (nSPS) is 14.8. The molecule has 3 aromatic heterocycles. The largest absolute Gasteiger partial charge is 0.451 e. The number of furan rings is 1. The fourth-order valence-electron chi connectivity index (χ4n) is 4.11. The molecule has 0 spiro atoms. The van der Waals surface area contributed by atoms with E-state index in [2.05, 4.69) is 21.6 Å². The van der Waals surface area contributed by atoms with E-state index < -0.39 is 0 Å². The number of para-hydroxylation sites is 1. The van der Waals surface area contributed by atoms with Gasteiger partial charge in [0, 0.05) is 35.7 Å². The molecule has 8 heteroatoms. The number of amides is 1. The number of rotatable bonds is 4. The lowest BCUT2D eigenvalue weighted by Crippen LogP contribution is -2.38. The number of likely N-dealkylation sites (tertiary alicyclic amines) is 1. The number of carbonyl (C=O) groups is 1. The Bertz CT molecular complexity index is 1240. The highest BCUT2D eigenvalue weighted by molar-refractivity contribution is 7.15. The van der Waals surface area contributed by atoms with Crippen LogP contribution in [0.1, 0.15) is 45.6 Å². The number of aryl methyl sites for hydroxylation is 2. The van der Waals surface area contributed by atoms with Crippen molar-refractivity contribution in [3.63, 3.8) is 0 Å². The summed E-state index contributed by atoms with van der Waals surface area (Å²) in [5.41, 5.74) is 2.71. The summed E-state index contributed by atoms with van der Waals surface area (Å²) in [5.74, 6) is 1.52. The third-order valence-electron chi connectivity index (χ3n) is 5.77. The molecule has 1 amide bonds. The molecule has 158 valence electrons. The van der Waals surface area contributed by atoms with Gasteiger partial charge in [-0.15, -0.1) is 10.2 Å². The van der Waals surface area contributed by atoms with E-state index >= 15 is 0 Å². The molecule has 1 aromatic carbocycles. The second-order valence-electron chi connectivity index (χ2n) is 7.82. The standard InChI is InChI=1S/C23H23N5O2S/c1-14-17-6-3-4-8-19(17)30-21(14)22(29)28-12-10-16(11-13-28)18-7-5-9-20(24-18)25-23-27-26-15(2)31-23/h3-9,16H,10-13H2,1-2H3,(H,24,25,27). The number of benzene rings is 1. The Morgan fingerprint density at radius 2 is 1.90 bits per heavy atom. The first kappa shape index (κ1) is 19.7. The summed E-state index contributed by atoms with van der Waals surface area (Å²) in [4.78, 5) is 19.8. The average Bonchev–Trinajstić information content (AvgIpc) is 3.36. The SMILES string of the molecule is Cc1nnc(Nc2cccc(C3CCN(C(=O)c4oc5ccccc5c4C)CC3)n2)s1. The van der Waals surface area contributed by atoms with Gasteiger partial charge in [-0.05, 0) is 44.9 Å². The summed E-state index contributed by atoms with van der Waals surface area (Å²) in [6.45, 7) is 5.26. The molecule has 1 aliphatic heterocycles. The van der Waals surface area contributed by atoms with E-state index in [9.17, 15) is 4.79 Å². The van der Waals surface area contributed by atoms with E-state index in [1.54, 1.807) is 0 Å². The Hall–Kier alpha value is -3.26. The van der Waals surface area contributed by atoms with Crippen LogP contribution in [0.2, 0.25) is 0 Å². The number of pyridine rings is 1. The highest BCUT2D eigenvalue weighted by Crippen LogP contribution is 2.31. The Morgan fingerprint density at radius 1 is 1.10 bits per heavy atom. The molecular weight excluding hydrogens is 410 g/mol. The smallest absolute Gasteiger partial charge is 0.289 e. The molecule has 0 atom stereocenters. The number of anilines is 2. The molecule has 0 bridgehead atoms. The molecule has 0 radical (unpaired) electrons. The summed E-state index contributed by atoms with van der Waals surface area (Å²) >= 11 is 1.50. The number of hydrogen-bond acceptors (Lipinski definition) is 7. The Kier molecular flexibility index (Phi) is 5.15. The predicted molar refractivity (Wildman–Crippen MR) is 121 cm³/mol. The molecule has 4 heterocycles. The van der Waals surface area contributed by atoms with Crippen LogP contribution in [0.4, 0.5) is 10.9 Å². The first-order chi connectivity index (χ1) is 15.1. The minimum absolute atomic E-state index is 0.0258. The summed E-state index contributed by atoms with van der Waals surface area (Å²) in [6, 6.07) is 13.8. The molecular formula is C23H23N5O2S. The highest BCUT2D eigenvalue weighted by Gasteiger charge is 2.28. The summed E-state index contributed by atoms with van der Waals surface area (Å²) in [5, 5.41) is 14.0. The van der Waals surface area contributed by atoms with Crippen molar-refractivity contribution in [3.8, 4) is 0 Å². The van der Waals surface area contributed by atoms with Crippen LogP contribution >= 0.6 is 11.3 Å². The molecule has 5 rings (SSSR count). The van der Waals surface area contributed by atoms with Crippen molar-refractivity contribution in [1.29, 1.82) is 0 Å². The molecule has 0 aliphatic carbocycles. The van der Waals surface area contributed by atoms with E-state index in [0.29, 0.717) is 24.8 Å². The first-order valence-corrected chi connectivity index (χ1v) is 11.2. The zero-order valence-corrected chi connectivity index (χ0v) is 18.3. The van der Waals surface area contributed by atoms with Crippen molar-refractivity contribution in [2.75, 3.05) is 18.4 Å². The van der Waals surface area contributed by atoms with Crippen LogP contribution in [0.25, 0.3) is 11.0 Å². The van der Waals surface area contributed by atoms with Crippen LogP contribution in [0.5, 0.6) is 0 Å². The maximum atomic E-state index is 13.1.